The van der Waals surface area contributed by atoms with E-state index in [1.54, 1.807) is 38.2 Å². The Balaban J connectivity index is 2.57. The van der Waals surface area contributed by atoms with Crippen LogP contribution in [0.3, 0.4) is 0 Å². The Kier molecular flexibility index (Phi) is 8.07. The maximum atomic E-state index is 12.2. The number of benzene rings is 1. The predicted octanol–water partition coefficient (Wildman–Crippen LogP) is 1.44. The second-order valence-electron chi connectivity index (χ2n) is 6.21. The first-order chi connectivity index (χ1) is 11.7. The first-order valence-corrected chi connectivity index (χ1v) is 8.25. The summed E-state index contributed by atoms with van der Waals surface area (Å²) in [6.07, 6.45) is 0. The van der Waals surface area contributed by atoms with Gasteiger partial charge in [-0.2, -0.15) is 0 Å². The Hall–Kier alpha value is -2.41. The standard InChI is InChI=1S/C18H27N3O4/c1-11(2)16(19-5)18(24)20-12(3)17(23)21-15-8-6-14(7-9-15)10-25-13(4)22/h6-9,11-12,16,19H,10H2,1-5H3,(H,20,24)(H,21,23)/t12-,16?/m0/s1. The molecule has 2 amide bonds. The molecule has 1 rings (SSSR count). The van der Waals surface area contributed by atoms with Gasteiger partial charge in [-0.25, -0.2) is 0 Å². The van der Waals surface area contributed by atoms with E-state index in [0.29, 0.717) is 5.69 Å². The molecular weight excluding hydrogens is 322 g/mol. The summed E-state index contributed by atoms with van der Waals surface area (Å²) in [5.41, 5.74) is 1.43. The van der Waals surface area contributed by atoms with Crippen molar-refractivity contribution in [1.29, 1.82) is 0 Å². The maximum Gasteiger partial charge on any atom is 0.302 e. The van der Waals surface area contributed by atoms with Crippen LogP contribution >= 0.6 is 0 Å². The van der Waals surface area contributed by atoms with Gasteiger partial charge in [-0.3, -0.25) is 14.4 Å². The number of anilines is 1. The van der Waals surface area contributed by atoms with E-state index in [4.69, 9.17) is 4.74 Å². The molecule has 1 aromatic rings. The number of nitrogens with one attached hydrogen (secondary N) is 3. The zero-order valence-electron chi connectivity index (χ0n) is 15.4. The molecule has 0 aliphatic heterocycles. The van der Waals surface area contributed by atoms with E-state index in [1.807, 2.05) is 13.8 Å². The van der Waals surface area contributed by atoms with Crippen LogP contribution in [0.1, 0.15) is 33.3 Å². The summed E-state index contributed by atoms with van der Waals surface area (Å²) < 4.78 is 4.90. The molecule has 2 atom stereocenters. The molecule has 1 unspecified atom stereocenters. The molecule has 0 aromatic heterocycles. The molecule has 138 valence electrons. The van der Waals surface area contributed by atoms with E-state index in [9.17, 15) is 14.4 Å². The van der Waals surface area contributed by atoms with Crippen molar-refractivity contribution in [3.8, 4) is 0 Å². The number of ether oxygens (including phenoxy) is 1. The van der Waals surface area contributed by atoms with Gasteiger partial charge in [-0.15, -0.1) is 0 Å². The topological polar surface area (TPSA) is 96.5 Å². The number of carbonyl (C=O) groups is 3. The average Bonchev–Trinajstić information content (AvgIpc) is 2.54. The summed E-state index contributed by atoms with van der Waals surface area (Å²) >= 11 is 0. The largest absolute Gasteiger partial charge is 0.461 e. The van der Waals surface area contributed by atoms with Gasteiger partial charge in [0.1, 0.15) is 12.6 Å². The fraction of sp³-hybridized carbons (Fsp3) is 0.500. The Labute approximate surface area is 148 Å². The third kappa shape index (κ3) is 6.93. The highest BCUT2D eigenvalue weighted by molar-refractivity contribution is 5.97. The highest BCUT2D eigenvalue weighted by Crippen LogP contribution is 2.11. The van der Waals surface area contributed by atoms with Gasteiger partial charge in [-0.1, -0.05) is 26.0 Å². The second-order valence-corrected chi connectivity index (χ2v) is 6.21. The summed E-state index contributed by atoms with van der Waals surface area (Å²) in [6, 6.07) is 5.94. The fourth-order valence-electron chi connectivity index (χ4n) is 2.26. The molecule has 0 spiro atoms. The fourth-order valence-corrected chi connectivity index (χ4v) is 2.26. The first-order valence-electron chi connectivity index (χ1n) is 8.25. The van der Waals surface area contributed by atoms with Crippen LogP contribution in [0.25, 0.3) is 0 Å². The molecule has 0 aliphatic rings. The van der Waals surface area contributed by atoms with Gasteiger partial charge < -0.3 is 20.7 Å². The predicted molar refractivity (Wildman–Crippen MR) is 95.8 cm³/mol. The Morgan fingerprint density at radius 3 is 2.12 bits per heavy atom. The van der Waals surface area contributed by atoms with Gasteiger partial charge in [0.05, 0.1) is 6.04 Å². The van der Waals surface area contributed by atoms with Gasteiger partial charge in [0.2, 0.25) is 11.8 Å². The molecule has 3 N–H and O–H groups in total. The lowest BCUT2D eigenvalue weighted by molar-refractivity contribution is -0.142. The third-order valence-corrected chi connectivity index (χ3v) is 3.68. The second kappa shape index (κ2) is 9.78. The molecule has 0 heterocycles. The van der Waals surface area contributed by atoms with Gasteiger partial charge in [0, 0.05) is 12.6 Å². The van der Waals surface area contributed by atoms with Crippen molar-refractivity contribution in [2.24, 2.45) is 5.92 Å². The van der Waals surface area contributed by atoms with E-state index < -0.39 is 6.04 Å². The molecule has 0 saturated heterocycles. The summed E-state index contributed by atoms with van der Waals surface area (Å²) in [4.78, 5) is 35.2. The van der Waals surface area contributed by atoms with Crippen molar-refractivity contribution in [1.82, 2.24) is 10.6 Å². The normalized spacial score (nSPS) is 13.0. The highest BCUT2D eigenvalue weighted by atomic mass is 16.5. The van der Waals surface area contributed by atoms with Crippen LogP contribution < -0.4 is 16.0 Å². The van der Waals surface area contributed by atoms with Crippen molar-refractivity contribution < 1.29 is 19.1 Å². The average molecular weight is 349 g/mol. The monoisotopic (exact) mass is 349 g/mol. The van der Waals surface area contributed by atoms with Crippen molar-refractivity contribution >= 4 is 23.5 Å². The molecular formula is C18H27N3O4. The quantitative estimate of drug-likeness (QED) is 0.617. The number of likely N-dealkylation sites (N-methyl/N-ethyl adjacent to an activating group) is 1. The van der Waals surface area contributed by atoms with Gasteiger partial charge in [-0.05, 0) is 37.6 Å². The van der Waals surface area contributed by atoms with Crippen LogP contribution in [0.15, 0.2) is 24.3 Å². The van der Waals surface area contributed by atoms with Crippen LogP contribution in [-0.2, 0) is 25.7 Å². The highest BCUT2D eigenvalue weighted by Gasteiger charge is 2.23. The van der Waals surface area contributed by atoms with Crippen LogP contribution in [0.4, 0.5) is 5.69 Å². The SMILES string of the molecule is CNC(C(=O)N[C@@H](C)C(=O)Nc1ccc(COC(C)=O)cc1)C(C)C. The van der Waals surface area contributed by atoms with Crippen LogP contribution in [0.5, 0.6) is 0 Å². The summed E-state index contributed by atoms with van der Waals surface area (Å²) in [6.45, 7) is 7.04. The van der Waals surface area contributed by atoms with Gasteiger partial charge >= 0.3 is 5.97 Å². The lowest BCUT2D eigenvalue weighted by Crippen LogP contribution is -2.51. The molecule has 7 nitrogen and oxygen atoms in total. The summed E-state index contributed by atoms with van der Waals surface area (Å²) in [5, 5.41) is 8.39. The van der Waals surface area contributed by atoms with Crippen LogP contribution in [-0.4, -0.2) is 36.9 Å². The van der Waals surface area contributed by atoms with Crippen molar-refractivity contribution in [3.63, 3.8) is 0 Å². The maximum absolute atomic E-state index is 12.2. The minimum absolute atomic E-state index is 0.116. The lowest BCUT2D eigenvalue weighted by Gasteiger charge is -2.22. The zero-order chi connectivity index (χ0) is 19.0. The zero-order valence-corrected chi connectivity index (χ0v) is 15.4. The minimum Gasteiger partial charge on any atom is -0.461 e. The number of hydrogen-bond acceptors (Lipinski definition) is 5. The van der Waals surface area contributed by atoms with E-state index in [2.05, 4.69) is 16.0 Å². The molecule has 0 radical (unpaired) electrons. The molecule has 0 bridgehead atoms. The van der Waals surface area contributed by atoms with Crippen LogP contribution in [0.2, 0.25) is 0 Å². The van der Waals surface area contributed by atoms with Gasteiger partial charge in [0.15, 0.2) is 0 Å². The number of esters is 1. The smallest absolute Gasteiger partial charge is 0.302 e. The van der Waals surface area contributed by atoms with E-state index in [1.165, 1.54) is 6.92 Å². The molecule has 0 fully saturated rings. The third-order valence-electron chi connectivity index (χ3n) is 3.68. The summed E-state index contributed by atoms with van der Waals surface area (Å²) in [7, 11) is 1.71. The Morgan fingerprint density at radius 2 is 1.64 bits per heavy atom. The molecule has 1 aromatic carbocycles. The number of carbonyl (C=O) groups excluding carboxylic acids is 3. The molecule has 0 saturated carbocycles. The molecule has 7 heteroatoms. The van der Waals surface area contributed by atoms with Crippen molar-refractivity contribution in [2.75, 3.05) is 12.4 Å². The van der Waals surface area contributed by atoms with E-state index in [-0.39, 0.29) is 36.4 Å². The number of rotatable bonds is 8. The summed E-state index contributed by atoms with van der Waals surface area (Å²) in [5.74, 6) is -0.746. The number of hydrogen-bond donors (Lipinski definition) is 3. The van der Waals surface area contributed by atoms with Crippen LogP contribution in [0, 0.1) is 5.92 Å². The minimum atomic E-state index is -0.664. The Bertz CT molecular complexity index is 599. The van der Waals surface area contributed by atoms with Gasteiger partial charge in [0.25, 0.3) is 0 Å². The molecule has 25 heavy (non-hydrogen) atoms. The lowest BCUT2D eigenvalue weighted by atomic mass is 10.0. The van der Waals surface area contributed by atoms with E-state index in [0.717, 1.165) is 5.56 Å². The van der Waals surface area contributed by atoms with Crippen molar-refractivity contribution in [3.05, 3.63) is 29.8 Å². The molecule has 0 aliphatic carbocycles. The Morgan fingerprint density at radius 1 is 1.04 bits per heavy atom. The van der Waals surface area contributed by atoms with Crippen molar-refractivity contribution in [2.45, 2.75) is 46.4 Å². The number of amides is 2. The van der Waals surface area contributed by atoms with E-state index >= 15 is 0 Å². The first kappa shape index (κ1) is 20.6.